The first kappa shape index (κ1) is 14.3. The number of carbonyl (C=O) groups excluding carboxylic acids is 1. The monoisotopic (exact) mass is 348 g/mol. The third-order valence-electron chi connectivity index (χ3n) is 3.68. The van der Waals surface area contributed by atoms with E-state index in [4.69, 9.17) is 4.74 Å². The summed E-state index contributed by atoms with van der Waals surface area (Å²) in [5, 5.41) is 4.12. The number of hydrogen-bond acceptors (Lipinski definition) is 3. The van der Waals surface area contributed by atoms with E-state index in [2.05, 4.69) is 21.0 Å². The molecular weight excluding hydrogens is 332 g/mol. The molecule has 0 spiro atoms. The Morgan fingerprint density at radius 1 is 1.43 bits per heavy atom. The number of halogens is 1. The molecule has 4 nitrogen and oxygen atoms in total. The predicted molar refractivity (Wildman–Crippen MR) is 82.9 cm³/mol. The molecule has 0 bridgehead atoms. The number of carbonyl (C=O) groups is 1. The fourth-order valence-electron chi connectivity index (χ4n) is 2.31. The molecule has 1 aliphatic carbocycles. The maximum atomic E-state index is 12.3. The Morgan fingerprint density at radius 3 is 2.71 bits per heavy atom. The third-order valence-corrected chi connectivity index (χ3v) is 4.20. The van der Waals surface area contributed by atoms with Gasteiger partial charge in [0, 0.05) is 23.1 Å². The molecule has 1 aromatic heterocycles. The minimum atomic E-state index is -0.297. The molecule has 0 saturated heterocycles. The van der Waals surface area contributed by atoms with Gasteiger partial charge in [0.05, 0.1) is 11.8 Å². The summed E-state index contributed by atoms with van der Waals surface area (Å²) >= 11 is 3.43. The molecule has 1 saturated carbocycles. The average molecular weight is 349 g/mol. The molecular formula is C16H17BrN2O2. The molecule has 1 aliphatic rings. The van der Waals surface area contributed by atoms with Crippen LogP contribution < -0.4 is 0 Å². The molecule has 0 amide bonds. The van der Waals surface area contributed by atoms with Gasteiger partial charge in [0.2, 0.25) is 0 Å². The van der Waals surface area contributed by atoms with Gasteiger partial charge in [0.25, 0.3) is 0 Å². The lowest BCUT2D eigenvalue weighted by molar-refractivity contribution is 0.0241. The van der Waals surface area contributed by atoms with Crippen LogP contribution in [0.25, 0.3) is 0 Å². The Balaban J connectivity index is 1.76. The standard InChI is InChI=1S/C16H17BrN2O2/c1-2-19-10-13(9-18-19)16(20)21-15(11-3-4-11)12-5-7-14(17)8-6-12/h5-11,15H,2-4H2,1H3. The summed E-state index contributed by atoms with van der Waals surface area (Å²) in [6.07, 6.45) is 5.37. The van der Waals surface area contributed by atoms with E-state index < -0.39 is 0 Å². The van der Waals surface area contributed by atoms with Crippen molar-refractivity contribution in [3.63, 3.8) is 0 Å². The summed E-state index contributed by atoms with van der Waals surface area (Å²) in [6.45, 7) is 2.73. The lowest BCUT2D eigenvalue weighted by Gasteiger charge is -2.17. The lowest BCUT2D eigenvalue weighted by Crippen LogP contribution is -2.13. The molecule has 1 unspecified atom stereocenters. The smallest absolute Gasteiger partial charge is 0.341 e. The zero-order chi connectivity index (χ0) is 14.8. The number of aromatic nitrogens is 2. The van der Waals surface area contributed by atoms with Crippen LogP contribution in [0, 0.1) is 5.92 Å². The van der Waals surface area contributed by atoms with Crippen LogP contribution in [0.3, 0.4) is 0 Å². The SMILES string of the molecule is CCn1cc(C(=O)OC(c2ccc(Br)cc2)C2CC2)cn1. The van der Waals surface area contributed by atoms with E-state index in [1.54, 1.807) is 17.1 Å². The topological polar surface area (TPSA) is 44.1 Å². The normalized spacial score (nSPS) is 15.7. The van der Waals surface area contributed by atoms with Gasteiger partial charge in [-0.2, -0.15) is 5.10 Å². The number of ether oxygens (including phenoxy) is 1. The predicted octanol–water partition coefficient (Wildman–Crippen LogP) is 3.97. The van der Waals surface area contributed by atoms with Crippen LogP contribution in [-0.4, -0.2) is 15.7 Å². The summed E-state index contributed by atoms with van der Waals surface area (Å²) in [5.41, 5.74) is 1.57. The van der Waals surface area contributed by atoms with Gasteiger partial charge in [-0.3, -0.25) is 4.68 Å². The van der Waals surface area contributed by atoms with E-state index in [1.807, 2.05) is 31.2 Å². The Morgan fingerprint density at radius 2 is 2.14 bits per heavy atom. The first-order valence-electron chi connectivity index (χ1n) is 7.16. The van der Waals surface area contributed by atoms with Crippen molar-refractivity contribution in [2.45, 2.75) is 32.4 Å². The number of rotatable bonds is 5. The summed E-state index contributed by atoms with van der Waals surface area (Å²) < 4.78 is 8.49. The van der Waals surface area contributed by atoms with Crippen molar-refractivity contribution < 1.29 is 9.53 Å². The first-order chi connectivity index (χ1) is 10.2. The Bertz CT molecular complexity index is 632. The Labute approximate surface area is 132 Å². The molecule has 0 N–H and O–H groups in total. The van der Waals surface area contributed by atoms with Gasteiger partial charge in [-0.15, -0.1) is 0 Å². The minimum Gasteiger partial charge on any atom is -0.454 e. The molecule has 3 rings (SSSR count). The highest BCUT2D eigenvalue weighted by Crippen LogP contribution is 2.43. The van der Waals surface area contributed by atoms with Crippen LogP contribution >= 0.6 is 15.9 Å². The lowest BCUT2D eigenvalue weighted by atomic mass is 10.1. The molecule has 2 aromatic rings. The number of nitrogens with zero attached hydrogens (tertiary/aromatic N) is 2. The van der Waals surface area contributed by atoms with E-state index in [0.29, 0.717) is 11.5 Å². The molecule has 21 heavy (non-hydrogen) atoms. The van der Waals surface area contributed by atoms with E-state index in [9.17, 15) is 4.79 Å². The van der Waals surface area contributed by atoms with Crippen LogP contribution in [0.4, 0.5) is 0 Å². The number of benzene rings is 1. The van der Waals surface area contributed by atoms with Gasteiger partial charge in [-0.05, 0) is 37.5 Å². The average Bonchev–Trinajstić information content (AvgIpc) is 3.22. The van der Waals surface area contributed by atoms with Crippen molar-refractivity contribution in [1.82, 2.24) is 9.78 Å². The van der Waals surface area contributed by atoms with Crippen LogP contribution in [0.15, 0.2) is 41.1 Å². The molecule has 1 atom stereocenters. The highest BCUT2D eigenvalue weighted by molar-refractivity contribution is 9.10. The Hall–Kier alpha value is -1.62. The van der Waals surface area contributed by atoms with Crippen molar-refractivity contribution in [2.75, 3.05) is 0 Å². The fraction of sp³-hybridized carbons (Fsp3) is 0.375. The highest BCUT2D eigenvalue weighted by atomic mass is 79.9. The van der Waals surface area contributed by atoms with Crippen molar-refractivity contribution in [2.24, 2.45) is 5.92 Å². The number of hydrogen-bond donors (Lipinski definition) is 0. The molecule has 0 aliphatic heterocycles. The van der Waals surface area contributed by atoms with E-state index in [1.165, 1.54) is 0 Å². The van der Waals surface area contributed by atoms with Crippen molar-refractivity contribution >= 4 is 21.9 Å². The van der Waals surface area contributed by atoms with Crippen LogP contribution in [0.5, 0.6) is 0 Å². The second kappa shape index (κ2) is 6.02. The second-order valence-corrected chi connectivity index (χ2v) is 6.22. The summed E-state index contributed by atoms with van der Waals surface area (Å²) in [5.74, 6) is 0.144. The summed E-state index contributed by atoms with van der Waals surface area (Å²) in [4.78, 5) is 12.3. The zero-order valence-corrected chi connectivity index (χ0v) is 13.4. The third kappa shape index (κ3) is 3.35. The van der Waals surface area contributed by atoms with Crippen LogP contribution in [0.2, 0.25) is 0 Å². The van der Waals surface area contributed by atoms with Gasteiger partial charge in [-0.1, -0.05) is 28.1 Å². The van der Waals surface area contributed by atoms with Crippen molar-refractivity contribution in [3.8, 4) is 0 Å². The summed E-state index contributed by atoms with van der Waals surface area (Å²) in [6, 6.07) is 7.98. The molecule has 1 heterocycles. The van der Waals surface area contributed by atoms with Gasteiger partial charge < -0.3 is 4.74 Å². The highest BCUT2D eigenvalue weighted by Gasteiger charge is 2.35. The van der Waals surface area contributed by atoms with Crippen molar-refractivity contribution in [3.05, 3.63) is 52.3 Å². The Kier molecular flexibility index (Phi) is 4.10. The largest absolute Gasteiger partial charge is 0.454 e. The minimum absolute atomic E-state index is 0.157. The van der Waals surface area contributed by atoms with Crippen LogP contribution in [-0.2, 0) is 11.3 Å². The maximum Gasteiger partial charge on any atom is 0.341 e. The fourth-order valence-corrected chi connectivity index (χ4v) is 2.58. The second-order valence-electron chi connectivity index (χ2n) is 5.30. The van der Waals surface area contributed by atoms with Gasteiger partial charge in [0.15, 0.2) is 0 Å². The van der Waals surface area contributed by atoms with Gasteiger partial charge in [0.1, 0.15) is 6.10 Å². The van der Waals surface area contributed by atoms with Gasteiger partial charge >= 0.3 is 5.97 Å². The molecule has 5 heteroatoms. The van der Waals surface area contributed by atoms with E-state index in [-0.39, 0.29) is 12.1 Å². The molecule has 1 fully saturated rings. The quantitative estimate of drug-likeness (QED) is 0.767. The van der Waals surface area contributed by atoms with E-state index >= 15 is 0 Å². The van der Waals surface area contributed by atoms with Crippen LogP contribution in [0.1, 0.15) is 41.8 Å². The van der Waals surface area contributed by atoms with Gasteiger partial charge in [-0.25, -0.2) is 4.79 Å². The van der Waals surface area contributed by atoms with E-state index in [0.717, 1.165) is 29.4 Å². The number of aryl methyl sites for hydroxylation is 1. The summed E-state index contributed by atoms with van der Waals surface area (Å²) in [7, 11) is 0. The van der Waals surface area contributed by atoms with Crippen molar-refractivity contribution in [1.29, 1.82) is 0 Å². The number of esters is 1. The maximum absolute atomic E-state index is 12.3. The molecule has 110 valence electrons. The first-order valence-corrected chi connectivity index (χ1v) is 7.95. The molecule has 0 radical (unpaired) electrons. The zero-order valence-electron chi connectivity index (χ0n) is 11.8. The molecule has 1 aromatic carbocycles.